The summed E-state index contributed by atoms with van der Waals surface area (Å²) in [6.07, 6.45) is 0. The van der Waals surface area contributed by atoms with Crippen molar-refractivity contribution in [2.75, 3.05) is 52.9 Å². The number of rotatable bonds is 4. The number of carbonyl (C=O) groups is 1. The van der Waals surface area contributed by atoms with Gasteiger partial charge in [0, 0.05) is 39.3 Å². The minimum absolute atomic E-state index is 0.0531. The van der Waals surface area contributed by atoms with Gasteiger partial charge in [0.25, 0.3) is 5.91 Å². The lowest BCUT2D eigenvalue weighted by Crippen LogP contribution is -2.60. The largest absolute Gasteiger partial charge is 0.363 e. The van der Waals surface area contributed by atoms with E-state index in [1.165, 1.54) is 0 Å². The van der Waals surface area contributed by atoms with E-state index in [1.807, 2.05) is 11.9 Å². The van der Waals surface area contributed by atoms with E-state index in [9.17, 15) is 4.79 Å². The van der Waals surface area contributed by atoms with E-state index in [-0.39, 0.29) is 18.1 Å². The smallest absolute Gasteiger partial charge is 0.260 e. The lowest BCUT2D eigenvalue weighted by Gasteiger charge is -2.39. The first-order chi connectivity index (χ1) is 8.07. The van der Waals surface area contributed by atoms with Crippen LogP contribution < -0.4 is 10.7 Å². The summed E-state index contributed by atoms with van der Waals surface area (Å²) in [5, 5.41) is 5.10. The molecule has 6 nitrogen and oxygen atoms in total. The molecule has 2 N–H and O–H groups in total. The van der Waals surface area contributed by atoms with Crippen molar-refractivity contribution in [2.24, 2.45) is 0 Å². The number of ether oxygens (including phenoxy) is 1. The second-order valence-electron chi connectivity index (χ2n) is 5.17. The monoisotopic (exact) mass is 242 g/mol. The zero-order chi connectivity index (χ0) is 12.3. The molecule has 2 aliphatic heterocycles. The van der Waals surface area contributed by atoms with Crippen molar-refractivity contribution in [3.05, 3.63) is 0 Å². The highest BCUT2D eigenvalue weighted by Gasteiger charge is 2.33. The lowest BCUT2D eigenvalue weighted by molar-refractivity contribution is -0.141. The van der Waals surface area contributed by atoms with Gasteiger partial charge in [-0.25, -0.2) is 5.01 Å². The van der Waals surface area contributed by atoms with Crippen molar-refractivity contribution in [1.82, 2.24) is 20.7 Å². The van der Waals surface area contributed by atoms with Crippen molar-refractivity contribution >= 4 is 5.91 Å². The molecular formula is C11H22N4O2. The number of piperazine rings is 1. The molecule has 2 heterocycles. The van der Waals surface area contributed by atoms with Crippen LogP contribution in [-0.4, -0.2) is 74.3 Å². The summed E-state index contributed by atoms with van der Waals surface area (Å²) < 4.78 is 5.58. The van der Waals surface area contributed by atoms with Crippen LogP contribution in [0.4, 0.5) is 0 Å². The van der Waals surface area contributed by atoms with Gasteiger partial charge in [-0.1, -0.05) is 0 Å². The van der Waals surface area contributed by atoms with Crippen molar-refractivity contribution in [1.29, 1.82) is 0 Å². The third-order valence-electron chi connectivity index (χ3n) is 3.34. The molecule has 2 fully saturated rings. The van der Waals surface area contributed by atoms with E-state index in [1.54, 1.807) is 0 Å². The summed E-state index contributed by atoms with van der Waals surface area (Å²) in [6.45, 7) is 7.55. The van der Waals surface area contributed by atoms with Crippen LogP contribution in [0.25, 0.3) is 0 Å². The molecule has 0 aliphatic carbocycles. The third kappa shape index (κ3) is 3.64. The van der Waals surface area contributed by atoms with Crippen LogP contribution in [0, 0.1) is 0 Å². The van der Waals surface area contributed by atoms with Crippen LogP contribution in [0.5, 0.6) is 0 Å². The van der Waals surface area contributed by atoms with Crippen molar-refractivity contribution in [3.63, 3.8) is 0 Å². The maximum absolute atomic E-state index is 11.7. The predicted molar refractivity (Wildman–Crippen MR) is 64.4 cm³/mol. The topological polar surface area (TPSA) is 56.8 Å². The normalized spacial score (nSPS) is 25.3. The van der Waals surface area contributed by atoms with Crippen LogP contribution in [-0.2, 0) is 9.53 Å². The van der Waals surface area contributed by atoms with Gasteiger partial charge in [-0.2, -0.15) is 0 Å². The molecule has 2 aliphatic rings. The minimum atomic E-state index is -0.153. The maximum Gasteiger partial charge on any atom is 0.260 e. The first-order valence-electron chi connectivity index (χ1n) is 6.15. The minimum Gasteiger partial charge on any atom is -0.363 e. The highest BCUT2D eigenvalue weighted by atomic mass is 16.5. The van der Waals surface area contributed by atoms with Crippen LogP contribution in [0.15, 0.2) is 0 Å². The molecule has 6 heteroatoms. The number of nitrogens with one attached hydrogen (secondary N) is 2. The zero-order valence-electron chi connectivity index (χ0n) is 10.7. The fraction of sp³-hybridized carbons (Fsp3) is 0.909. The second-order valence-corrected chi connectivity index (χ2v) is 5.17. The number of hydrogen-bond donors (Lipinski definition) is 2. The molecule has 0 aromatic heterocycles. The highest BCUT2D eigenvalue weighted by molar-refractivity contribution is 5.76. The first kappa shape index (κ1) is 12.8. The van der Waals surface area contributed by atoms with E-state index in [2.05, 4.69) is 22.7 Å². The Kier molecular flexibility index (Phi) is 3.98. The van der Waals surface area contributed by atoms with Gasteiger partial charge in [-0.15, -0.1) is 0 Å². The fourth-order valence-electron chi connectivity index (χ4n) is 1.95. The fourth-order valence-corrected chi connectivity index (χ4v) is 1.95. The van der Waals surface area contributed by atoms with Crippen molar-refractivity contribution in [2.45, 2.75) is 12.5 Å². The maximum atomic E-state index is 11.7. The Bertz CT molecular complexity index is 273. The van der Waals surface area contributed by atoms with Crippen molar-refractivity contribution in [3.8, 4) is 0 Å². The lowest BCUT2D eigenvalue weighted by atomic mass is 10.0. The molecule has 0 aromatic rings. The molecule has 17 heavy (non-hydrogen) atoms. The van der Waals surface area contributed by atoms with Gasteiger partial charge in [-0.3, -0.25) is 10.2 Å². The molecule has 0 spiro atoms. The number of carbonyl (C=O) groups excluding carboxylic acids is 1. The van der Waals surface area contributed by atoms with Gasteiger partial charge < -0.3 is 15.0 Å². The molecule has 2 rings (SSSR count). The first-order valence-corrected chi connectivity index (χ1v) is 6.15. The standard InChI is InChI=1S/C11H22N4O2/c1-11(8-12-9-11)17-7-10(16)13-15-5-3-14(2)4-6-15/h12H,3-9H2,1-2H3,(H,13,16). The molecular weight excluding hydrogens is 220 g/mol. The third-order valence-corrected chi connectivity index (χ3v) is 3.34. The van der Waals surface area contributed by atoms with Gasteiger partial charge in [0.15, 0.2) is 0 Å². The number of hydrogen-bond acceptors (Lipinski definition) is 5. The predicted octanol–water partition coefficient (Wildman–Crippen LogP) is -1.36. The van der Waals surface area contributed by atoms with Gasteiger partial charge in [0.1, 0.15) is 6.61 Å². The SMILES string of the molecule is CN1CCN(NC(=O)COC2(C)CNC2)CC1. The van der Waals surface area contributed by atoms with E-state index < -0.39 is 0 Å². The number of nitrogens with zero attached hydrogens (tertiary/aromatic N) is 2. The summed E-state index contributed by atoms with van der Waals surface area (Å²) >= 11 is 0. The van der Waals surface area contributed by atoms with Crippen molar-refractivity contribution < 1.29 is 9.53 Å². The van der Waals surface area contributed by atoms with E-state index >= 15 is 0 Å². The van der Waals surface area contributed by atoms with E-state index in [0.29, 0.717) is 0 Å². The average molecular weight is 242 g/mol. The highest BCUT2D eigenvalue weighted by Crippen LogP contribution is 2.14. The molecule has 98 valence electrons. The van der Waals surface area contributed by atoms with E-state index in [4.69, 9.17) is 4.74 Å². The Hall–Kier alpha value is -0.690. The summed E-state index contributed by atoms with van der Waals surface area (Å²) in [7, 11) is 2.09. The Morgan fingerprint density at radius 2 is 2.00 bits per heavy atom. The summed E-state index contributed by atoms with van der Waals surface area (Å²) in [6, 6.07) is 0. The molecule has 1 amide bonds. The van der Waals surface area contributed by atoms with Gasteiger partial charge in [0.05, 0.1) is 5.60 Å². The Morgan fingerprint density at radius 1 is 1.35 bits per heavy atom. The zero-order valence-corrected chi connectivity index (χ0v) is 10.7. The molecule has 0 atom stereocenters. The van der Waals surface area contributed by atoms with Gasteiger partial charge >= 0.3 is 0 Å². The molecule has 0 aromatic carbocycles. The molecule has 0 saturated carbocycles. The average Bonchev–Trinajstić information content (AvgIpc) is 2.27. The second kappa shape index (κ2) is 5.30. The molecule has 0 radical (unpaired) electrons. The summed E-state index contributed by atoms with van der Waals surface area (Å²) in [5.41, 5.74) is 2.73. The molecule has 2 saturated heterocycles. The van der Waals surface area contributed by atoms with Crippen LogP contribution in [0.3, 0.4) is 0 Å². The van der Waals surface area contributed by atoms with Crippen LogP contribution >= 0.6 is 0 Å². The number of amides is 1. The van der Waals surface area contributed by atoms with Crippen LogP contribution in [0.1, 0.15) is 6.92 Å². The van der Waals surface area contributed by atoms with Crippen LogP contribution in [0.2, 0.25) is 0 Å². The number of likely N-dealkylation sites (N-methyl/N-ethyl adjacent to an activating group) is 1. The molecule has 0 bridgehead atoms. The summed E-state index contributed by atoms with van der Waals surface area (Å²) in [5.74, 6) is -0.0531. The van der Waals surface area contributed by atoms with Gasteiger partial charge in [-0.05, 0) is 14.0 Å². The number of hydrazine groups is 1. The molecule has 0 unspecified atom stereocenters. The quantitative estimate of drug-likeness (QED) is 0.638. The Balaban J connectivity index is 1.63. The summed E-state index contributed by atoms with van der Waals surface area (Å²) in [4.78, 5) is 13.9. The van der Waals surface area contributed by atoms with E-state index in [0.717, 1.165) is 39.3 Å². The van der Waals surface area contributed by atoms with Gasteiger partial charge in [0.2, 0.25) is 0 Å². The Morgan fingerprint density at radius 3 is 2.53 bits per heavy atom. The Labute approximate surface area is 102 Å².